The molecule has 0 bridgehead atoms. The molecule has 1 aromatic carbocycles. The van der Waals surface area contributed by atoms with Crippen LogP contribution < -0.4 is 5.14 Å². The Morgan fingerprint density at radius 1 is 1.37 bits per heavy atom. The number of hydrogen-bond acceptors (Lipinski definition) is 4. The summed E-state index contributed by atoms with van der Waals surface area (Å²) in [6, 6.07) is 6.30. The normalized spacial score (nSPS) is 20.2. The highest BCUT2D eigenvalue weighted by Gasteiger charge is 2.53. The van der Waals surface area contributed by atoms with Crippen molar-refractivity contribution >= 4 is 36.8 Å². The van der Waals surface area contributed by atoms with Crippen molar-refractivity contribution < 1.29 is 17.0 Å². The van der Waals surface area contributed by atoms with Gasteiger partial charge in [0.25, 0.3) is 0 Å². The number of nitriles is 1. The van der Waals surface area contributed by atoms with Crippen LogP contribution in [0.15, 0.2) is 22.7 Å². The van der Waals surface area contributed by atoms with Crippen LogP contribution in [0.4, 0.5) is 4.39 Å². The van der Waals surface area contributed by atoms with Crippen LogP contribution in [0, 0.1) is 17.1 Å². The van der Waals surface area contributed by atoms with Crippen molar-refractivity contribution in [3.63, 3.8) is 0 Å². The van der Waals surface area contributed by atoms with E-state index >= 15 is 0 Å². The van der Waals surface area contributed by atoms with E-state index in [-0.39, 0.29) is 24.8 Å². The van der Waals surface area contributed by atoms with Gasteiger partial charge in [-0.3, -0.25) is 5.14 Å². The van der Waals surface area contributed by atoms with Crippen molar-refractivity contribution in [3.05, 3.63) is 34.1 Å². The summed E-state index contributed by atoms with van der Waals surface area (Å²) in [5.74, 6) is -0.962. The van der Waals surface area contributed by atoms with E-state index in [1.807, 2.05) is 6.07 Å². The first-order chi connectivity index (χ1) is 12.3. The summed E-state index contributed by atoms with van der Waals surface area (Å²) in [6.07, 6.45) is 1.33. The molecular weight excluding hydrogens is 455 g/mol. The summed E-state index contributed by atoms with van der Waals surface area (Å²) in [7, 11) is -5.59. The monoisotopic (exact) mass is 478 g/mol. The largest absolute Gasteiger partial charge is 0.251 e. The Hall–Kier alpha value is -0.820. The lowest BCUT2D eigenvalue weighted by Gasteiger charge is -2.41. The van der Waals surface area contributed by atoms with E-state index in [1.165, 1.54) is 12.1 Å². The summed E-state index contributed by atoms with van der Waals surface area (Å²) in [5.41, 5.74) is -1.00. The third kappa shape index (κ3) is 4.29. The van der Waals surface area contributed by atoms with Crippen LogP contribution in [-0.2, 0) is 26.2 Å². The Morgan fingerprint density at radius 2 is 1.96 bits per heavy atom. The van der Waals surface area contributed by atoms with Crippen LogP contribution in [0.1, 0.15) is 52.0 Å². The smallest absolute Gasteiger partial charge is 0.170 e. The third-order valence-corrected chi connectivity index (χ3v) is 9.84. The lowest BCUT2D eigenvalue weighted by Crippen LogP contribution is -2.51. The average molecular weight is 479 g/mol. The number of hydrogen-bond donors (Lipinski definition) is 1. The quantitative estimate of drug-likeness (QED) is 0.647. The van der Waals surface area contributed by atoms with E-state index in [0.29, 0.717) is 10.9 Å². The average Bonchev–Trinajstić information content (AvgIpc) is 2.47. The van der Waals surface area contributed by atoms with Crippen LogP contribution >= 0.6 is 15.9 Å². The van der Waals surface area contributed by atoms with Crippen molar-refractivity contribution in [1.82, 2.24) is 0 Å². The van der Waals surface area contributed by atoms with Gasteiger partial charge in [-0.1, -0.05) is 22.9 Å². The zero-order valence-electron chi connectivity index (χ0n) is 15.6. The van der Waals surface area contributed by atoms with E-state index in [2.05, 4.69) is 15.9 Å². The van der Waals surface area contributed by atoms with Crippen molar-refractivity contribution in [2.24, 2.45) is 5.14 Å². The second-order valence-corrected chi connectivity index (χ2v) is 13.1. The standard InChI is InChI=1S/C18H24BrFN2O3S2/c1-16(2,26(22)23)10-17(3,14-9-13(19)5-6-15(14)20)12-27(24,25)18(11-21)7-4-8-18/h5-6,9H,4,7-8,10,12,22H2,1-3H3/t17-,26?/m0/s1. The summed E-state index contributed by atoms with van der Waals surface area (Å²) in [6.45, 7) is 4.95. The minimum Gasteiger partial charge on any atom is -0.251 e. The highest BCUT2D eigenvalue weighted by atomic mass is 79.9. The first kappa shape index (κ1) is 22.5. The molecule has 0 saturated heterocycles. The maximum absolute atomic E-state index is 14.7. The van der Waals surface area contributed by atoms with Crippen LogP contribution in [0.5, 0.6) is 0 Å². The summed E-state index contributed by atoms with van der Waals surface area (Å²) in [4.78, 5) is 0. The van der Waals surface area contributed by atoms with Gasteiger partial charge in [0, 0.05) is 9.89 Å². The van der Waals surface area contributed by atoms with Gasteiger partial charge in [0.05, 0.1) is 27.6 Å². The molecule has 27 heavy (non-hydrogen) atoms. The van der Waals surface area contributed by atoms with E-state index in [0.717, 1.165) is 0 Å². The van der Waals surface area contributed by atoms with E-state index in [4.69, 9.17) is 5.14 Å². The summed E-state index contributed by atoms with van der Waals surface area (Å²) < 4.78 is 51.2. The molecule has 0 aliphatic heterocycles. The molecule has 150 valence electrons. The molecule has 2 rings (SSSR count). The number of benzene rings is 1. The fourth-order valence-corrected chi connectivity index (χ4v) is 6.99. The van der Waals surface area contributed by atoms with Gasteiger partial charge in [0.15, 0.2) is 14.6 Å². The Labute approximate surface area is 171 Å². The van der Waals surface area contributed by atoms with Gasteiger partial charge in [0.2, 0.25) is 0 Å². The highest BCUT2D eigenvalue weighted by Crippen LogP contribution is 2.45. The van der Waals surface area contributed by atoms with E-state index in [9.17, 15) is 22.3 Å². The SMILES string of the molecule is CC(C)(C[C@@](C)(CS(=O)(=O)C1(C#N)CCC1)c1cc(Br)ccc1F)S(N)=O. The van der Waals surface area contributed by atoms with Crippen LogP contribution in [0.2, 0.25) is 0 Å². The van der Waals surface area contributed by atoms with Gasteiger partial charge in [-0.25, -0.2) is 17.0 Å². The number of rotatable bonds is 7. The molecule has 0 radical (unpaired) electrons. The minimum atomic E-state index is -3.85. The Morgan fingerprint density at radius 3 is 2.41 bits per heavy atom. The van der Waals surface area contributed by atoms with Gasteiger partial charge in [-0.05, 0) is 63.3 Å². The number of nitrogens with two attached hydrogens (primary N) is 1. The fourth-order valence-electron chi connectivity index (χ4n) is 3.74. The van der Waals surface area contributed by atoms with Gasteiger partial charge < -0.3 is 0 Å². The lowest BCUT2D eigenvalue weighted by molar-refractivity contribution is 0.376. The summed E-state index contributed by atoms with van der Waals surface area (Å²) >= 11 is 3.30. The van der Waals surface area contributed by atoms with Gasteiger partial charge in [0.1, 0.15) is 5.82 Å². The molecule has 0 aromatic heterocycles. The molecule has 1 fully saturated rings. The maximum Gasteiger partial charge on any atom is 0.170 e. The highest BCUT2D eigenvalue weighted by molar-refractivity contribution is 9.10. The molecule has 1 aromatic rings. The Balaban J connectivity index is 2.59. The van der Waals surface area contributed by atoms with E-state index < -0.39 is 47.3 Å². The first-order valence-corrected chi connectivity index (χ1v) is 12.2. The molecule has 1 aliphatic rings. The van der Waals surface area contributed by atoms with Crippen LogP contribution in [-0.4, -0.2) is 27.9 Å². The predicted molar refractivity (Wildman–Crippen MR) is 108 cm³/mol. The van der Waals surface area contributed by atoms with Crippen molar-refractivity contribution in [2.75, 3.05) is 5.75 Å². The molecule has 1 aliphatic carbocycles. The first-order valence-electron chi connectivity index (χ1n) is 8.54. The fraction of sp³-hybridized carbons (Fsp3) is 0.611. The Bertz CT molecular complexity index is 908. The number of halogens is 2. The molecule has 2 atom stereocenters. The van der Waals surface area contributed by atoms with Gasteiger partial charge in [-0.2, -0.15) is 5.26 Å². The maximum atomic E-state index is 14.7. The predicted octanol–water partition coefficient (Wildman–Crippen LogP) is 3.50. The minimum absolute atomic E-state index is 0.0806. The molecule has 0 spiro atoms. The zero-order chi connectivity index (χ0) is 20.7. The van der Waals surface area contributed by atoms with Crippen molar-refractivity contribution in [1.29, 1.82) is 5.26 Å². The summed E-state index contributed by atoms with van der Waals surface area (Å²) in [5, 5.41) is 15.1. The topological polar surface area (TPSA) is 101 Å². The number of nitrogens with zero attached hydrogens (tertiary/aromatic N) is 1. The second-order valence-electron chi connectivity index (χ2n) is 8.14. The Kier molecular flexibility index (Phi) is 6.28. The number of sulfone groups is 1. The van der Waals surface area contributed by atoms with Gasteiger partial charge >= 0.3 is 0 Å². The molecule has 1 saturated carbocycles. The second kappa shape index (κ2) is 7.54. The zero-order valence-corrected chi connectivity index (χ0v) is 18.8. The molecule has 1 unspecified atom stereocenters. The van der Waals surface area contributed by atoms with E-state index in [1.54, 1.807) is 26.8 Å². The molecule has 2 N–H and O–H groups in total. The molecule has 5 nitrogen and oxygen atoms in total. The van der Waals surface area contributed by atoms with Crippen LogP contribution in [0.25, 0.3) is 0 Å². The van der Waals surface area contributed by atoms with Crippen LogP contribution in [0.3, 0.4) is 0 Å². The molecule has 0 amide bonds. The lowest BCUT2D eigenvalue weighted by atomic mass is 9.77. The molecule has 9 heteroatoms. The molecular formula is C18H24BrFN2O3S2. The van der Waals surface area contributed by atoms with Crippen molar-refractivity contribution in [3.8, 4) is 6.07 Å². The third-order valence-electron chi connectivity index (χ3n) is 5.41. The van der Waals surface area contributed by atoms with Crippen molar-refractivity contribution in [2.45, 2.75) is 61.4 Å². The molecule has 0 heterocycles. The van der Waals surface area contributed by atoms with Gasteiger partial charge in [-0.15, -0.1) is 0 Å².